The highest BCUT2D eigenvalue weighted by Gasteiger charge is 2.09. The van der Waals surface area contributed by atoms with Gasteiger partial charge in [-0.25, -0.2) is 9.97 Å². The first-order valence-electron chi connectivity index (χ1n) is 6.52. The fourth-order valence-electron chi connectivity index (χ4n) is 2.18. The first kappa shape index (κ1) is 12.7. The molecule has 0 unspecified atom stereocenters. The van der Waals surface area contributed by atoms with E-state index in [0.29, 0.717) is 0 Å². The van der Waals surface area contributed by atoms with Crippen LogP contribution in [0.4, 0.5) is 0 Å². The molecule has 0 fully saturated rings. The molecular formula is C15H16N4O. The number of fused-ring (bicyclic) bond motifs is 1. The molecule has 5 heteroatoms. The minimum Gasteiger partial charge on any atom is -0.364 e. The summed E-state index contributed by atoms with van der Waals surface area (Å²) >= 11 is 0. The maximum atomic E-state index is 4.84. The second-order valence-electron chi connectivity index (χ2n) is 4.91. The van der Waals surface area contributed by atoms with Gasteiger partial charge in [0.1, 0.15) is 6.26 Å². The van der Waals surface area contributed by atoms with E-state index in [2.05, 4.69) is 15.0 Å². The van der Waals surface area contributed by atoms with E-state index in [9.17, 15) is 0 Å². The molecule has 0 spiro atoms. The molecule has 3 aromatic rings. The average Bonchev–Trinajstić information content (AvgIpc) is 2.92. The second-order valence-corrected chi connectivity index (χ2v) is 4.91. The van der Waals surface area contributed by atoms with E-state index >= 15 is 0 Å². The van der Waals surface area contributed by atoms with E-state index in [0.717, 1.165) is 41.2 Å². The van der Waals surface area contributed by atoms with Crippen LogP contribution in [0.2, 0.25) is 0 Å². The number of benzene rings is 1. The van der Waals surface area contributed by atoms with Gasteiger partial charge in [0.15, 0.2) is 0 Å². The Morgan fingerprint density at radius 3 is 2.50 bits per heavy atom. The molecule has 0 radical (unpaired) electrons. The highest BCUT2D eigenvalue weighted by Crippen LogP contribution is 2.14. The van der Waals surface area contributed by atoms with E-state index in [1.165, 1.54) is 0 Å². The van der Waals surface area contributed by atoms with E-state index in [1.807, 2.05) is 44.3 Å². The molecule has 0 amide bonds. The summed E-state index contributed by atoms with van der Waals surface area (Å²) in [6.07, 6.45) is 1.59. The van der Waals surface area contributed by atoms with Gasteiger partial charge in [0.2, 0.25) is 0 Å². The molecule has 0 aliphatic carbocycles. The van der Waals surface area contributed by atoms with Crippen LogP contribution in [0.25, 0.3) is 11.0 Å². The molecule has 0 N–H and O–H groups in total. The van der Waals surface area contributed by atoms with Gasteiger partial charge in [0, 0.05) is 19.2 Å². The fraction of sp³-hybridized carbons (Fsp3) is 0.267. The van der Waals surface area contributed by atoms with Crippen LogP contribution in [0.1, 0.15) is 17.1 Å². The Morgan fingerprint density at radius 1 is 1.05 bits per heavy atom. The van der Waals surface area contributed by atoms with Crippen molar-refractivity contribution < 1.29 is 4.52 Å². The van der Waals surface area contributed by atoms with Crippen LogP contribution in [-0.4, -0.2) is 27.1 Å². The minimum atomic E-state index is 0.727. The lowest BCUT2D eigenvalue weighted by Gasteiger charge is -2.15. The highest BCUT2D eigenvalue weighted by atomic mass is 16.5. The summed E-state index contributed by atoms with van der Waals surface area (Å²) in [5.41, 5.74) is 4.75. The van der Waals surface area contributed by atoms with Crippen LogP contribution in [0.5, 0.6) is 0 Å². The fourth-order valence-corrected chi connectivity index (χ4v) is 2.18. The van der Waals surface area contributed by atoms with Crippen LogP contribution in [0.15, 0.2) is 41.1 Å². The van der Waals surface area contributed by atoms with Gasteiger partial charge in [0.05, 0.1) is 28.1 Å². The van der Waals surface area contributed by atoms with E-state index in [4.69, 9.17) is 9.51 Å². The number of nitrogens with zero attached hydrogens (tertiary/aromatic N) is 4. The molecular weight excluding hydrogens is 252 g/mol. The van der Waals surface area contributed by atoms with Gasteiger partial charge in [-0.1, -0.05) is 17.3 Å². The summed E-state index contributed by atoms with van der Waals surface area (Å²) in [5, 5.41) is 3.92. The maximum absolute atomic E-state index is 4.84. The van der Waals surface area contributed by atoms with Crippen LogP contribution in [-0.2, 0) is 13.1 Å². The van der Waals surface area contributed by atoms with Crippen LogP contribution < -0.4 is 0 Å². The Balaban J connectivity index is 1.81. The van der Waals surface area contributed by atoms with Gasteiger partial charge in [-0.05, 0) is 26.1 Å². The van der Waals surface area contributed by atoms with Gasteiger partial charge < -0.3 is 4.52 Å². The average molecular weight is 268 g/mol. The lowest BCUT2D eigenvalue weighted by Crippen LogP contribution is -2.19. The number of para-hydroxylation sites is 2. The van der Waals surface area contributed by atoms with Crippen molar-refractivity contribution in [3.8, 4) is 0 Å². The summed E-state index contributed by atoms with van der Waals surface area (Å²) in [6, 6.07) is 9.80. The molecule has 20 heavy (non-hydrogen) atoms. The summed E-state index contributed by atoms with van der Waals surface area (Å²) in [6.45, 7) is 3.46. The topological polar surface area (TPSA) is 55.1 Å². The van der Waals surface area contributed by atoms with Crippen molar-refractivity contribution in [2.24, 2.45) is 0 Å². The third-order valence-corrected chi connectivity index (χ3v) is 3.19. The van der Waals surface area contributed by atoms with Crippen molar-refractivity contribution in [1.82, 2.24) is 20.0 Å². The molecule has 3 rings (SSSR count). The third kappa shape index (κ3) is 2.67. The van der Waals surface area contributed by atoms with E-state index in [1.54, 1.807) is 6.26 Å². The molecule has 5 nitrogen and oxygen atoms in total. The predicted molar refractivity (Wildman–Crippen MR) is 75.9 cm³/mol. The maximum Gasteiger partial charge on any atom is 0.124 e. The lowest BCUT2D eigenvalue weighted by molar-refractivity contribution is 0.299. The first-order valence-corrected chi connectivity index (χ1v) is 6.52. The van der Waals surface area contributed by atoms with Crippen LogP contribution in [0.3, 0.4) is 0 Å². The van der Waals surface area contributed by atoms with Crippen molar-refractivity contribution in [2.45, 2.75) is 20.0 Å². The van der Waals surface area contributed by atoms with Crippen molar-refractivity contribution in [3.63, 3.8) is 0 Å². The number of aryl methyl sites for hydroxylation is 1. The van der Waals surface area contributed by atoms with Crippen molar-refractivity contribution in [2.75, 3.05) is 7.05 Å². The Bertz CT molecular complexity index is 709. The Morgan fingerprint density at radius 2 is 1.80 bits per heavy atom. The molecule has 0 aliphatic rings. The molecule has 0 saturated heterocycles. The number of hydrogen-bond donors (Lipinski definition) is 0. The zero-order chi connectivity index (χ0) is 13.9. The first-order chi connectivity index (χ1) is 9.72. The van der Waals surface area contributed by atoms with Gasteiger partial charge >= 0.3 is 0 Å². The quantitative estimate of drug-likeness (QED) is 0.728. The van der Waals surface area contributed by atoms with Crippen molar-refractivity contribution >= 4 is 11.0 Å². The Hall–Kier alpha value is -2.27. The van der Waals surface area contributed by atoms with Crippen LogP contribution in [0, 0.1) is 6.92 Å². The summed E-state index contributed by atoms with van der Waals surface area (Å²) < 4.78 is 4.84. The third-order valence-electron chi connectivity index (χ3n) is 3.19. The van der Waals surface area contributed by atoms with Gasteiger partial charge in [0.25, 0.3) is 0 Å². The summed E-state index contributed by atoms with van der Waals surface area (Å²) in [7, 11) is 2.03. The number of hydrogen-bond acceptors (Lipinski definition) is 5. The summed E-state index contributed by atoms with van der Waals surface area (Å²) in [5.74, 6) is 0. The smallest absolute Gasteiger partial charge is 0.124 e. The standard InChI is InChI=1S/C15H16N4O/c1-11-15(10-19(2)9-12-7-8-20-18-12)17-14-6-4-3-5-13(14)16-11/h3-8H,9-10H2,1-2H3. The van der Waals surface area contributed by atoms with E-state index < -0.39 is 0 Å². The zero-order valence-electron chi connectivity index (χ0n) is 11.6. The molecule has 2 aromatic heterocycles. The largest absolute Gasteiger partial charge is 0.364 e. The lowest BCUT2D eigenvalue weighted by atomic mass is 10.2. The molecule has 0 aliphatic heterocycles. The van der Waals surface area contributed by atoms with Crippen LogP contribution >= 0.6 is 0 Å². The minimum absolute atomic E-state index is 0.727. The monoisotopic (exact) mass is 268 g/mol. The van der Waals surface area contributed by atoms with Gasteiger partial charge in [-0.15, -0.1) is 0 Å². The molecule has 2 heterocycles. The second kappa shape index (κ2) is 5.38. The van der Waals surface area contributed by atoms with Gasteiger partial charge in [-0.2, -0.15) is 0 Å². The number of rotatable bonds is 4. The van der Waals surface area contributed by atoms with E-state index in [-0.39, 0.29) is 0 Å². The normalized spacial score (nSPS) is 11.3. The molecule has 1 aromatic carbocycles. The summed E-state index contributed by atoms with van der Waals surface area (Å²) in [4.78, 5) is 11.4. The molecule has 0 atom stereocenters. The van der Waals surface area contributed by atoms with Crippen molar-refractivity contribution in [3.05, 3.63) is 53.7 Å². The van der Waals surface area contributed by atoms with Crippen molar-refractivity contribution in [1.29, 1.82) is 0 Å². The predicted octanol–water partition coefficient (Wildman–Crippen LogP) is 2.56. The molecule has 0 bridgehead atoms. The van der Waals surface area contributed by atoms with Gasteiger partial charge in [-0.3, -0.25) is 4.90 Å². The molecule has 0 saturated carbocycles. The number of aromatic nitrogens is 3. The Labute approximate surface area is 117 Å². The highest BCUT2D eigenvalue weighted by molar-refractivity contribution is 5.74. The molecule has 102 valence electrons. The zero-order valence-corrected chi connectivity index (χ0v) is 11.6. The SMILES string of the molecule is Cc1nc2ccccc2nc1CN(C)Cc1ccon1. The Kier molecular flexibility index (Phi) is 3.43.